The number of thiol groups is 1. The van der Waals surface area contributed by atoms with E-state index in [-0.39, 0.29) is 0 Å². The molecule has 0 aliphatic carbocycles. The van der Waals surface area contributed by atoms with Gasteiger partial charge in [0.1, 0.15) is 0 Å². The van der Waals surface area contributed by atoms with Crippen LogP contribution in [0.3, 0.4) is 0 Å². The van der Waals surface area contributed by atoms with Crippen LogP contribution in [-0.4, -0.2) is 4.98 Å². The first-order valence-corrected chi connectivity index (χ1v) is 3.43. The third kappa shape index (κ3) is 4.03. The molecular formula is C7H11NS. The molecule has 0 aromatic carbocycles. The number of aromatic nitrogens is 1. The molecule has 0 aliphatic heterocycles. The molecule has 1 aromatic rings. The zero-order valence-corrected chi connectivity index (χ0v) is 6.60. The molecule has 0 saturated carbocycles. The van der Waals surface area contributed by atoms with E-state index in [0.717, 1.165) is 4.90 Å². The summed E-state index contributed by atoms with van der Waals surface area (Å²) in [5.74, 6) is 0. The quantitative estimate of drug-likeness (QED) is 0.547. The van der Waals surface area contributed by atoms with Crippen molar-refractivity contribution >= 4 is 12.6 Å². The normalized spacial score (nSPS) is 7.44. The second-order valence-corrected chi connectivity index (χ2v) is 1.72. The van der Waals surface area contributed by atoms with E-state index in [9.17, 15) is 0 Å². The van der Waals surface area contributed by atoms with Gasteiger partial charge >= 0.3 is 0 Å². The zero-order chi connectivity index (χ0) is 7.11. The molecule has 0 N–H and O–H groups in total. The summed E-state index contributed by atoms with van der Waals surface area (Å²) in [5.41, 5.74) is 0. The number of pyridine rings is 1. The number of hydrogen-bond acceptors (Lipinski definition) is 2. The van der Waals surface area contributed by atoms with Gasteiger partial charge in [0.25, 0.3) is 0 Å². The highest BCUT2D eigenvalue weighted by Crippen LogP contribution is 1.98. The Bertz CT molecular complexity index is 139. The molecule has 0 unspecified atom stereocenters. The van der Waals surface area contributed by atoms with Crippen molar-refractivity contribution in [2.24, 2.45) is 0 Å². The van der Waals surface area contributed by atoms with Crippen LogP contribution in [0.1, 0.15) is 13.8 Å². The lowest BCUT2D eigenvalue weighted by molar-refractivity contribution is 1.27. The molecule has 50 valence electrons. The predicted octanol–water partition coefficient (Wildman–Crippen LogP) is 2.40. The van der Waals surface area contributed by atoms with E-state index in [2.05, 4.69) is 17.6 Å². The molecule has 0 aliphatic rings. The lowest BCUT2D eigenvalue weighted by atomic mass is 10.5. The minimum atomic E-state index is 0.954. The summed E-state index contributed by atoms with van der Waals surface area (Å²) in [6.07, 6.45) is 3.42. The van der Waals surface area contributed by atoms with Gasteiger partial charge in [-0.05, 0) is 12.1 Å². The molecular weight excluding hydrogens is 130 g/mol. The molecule has 0 atom stereocenters. The van der Waals surface area contributed by atoms with E-state index in [1.807, 2.05) is 26.0 Å². The van der Waals surface area contributed by atoms with E-state index >= 15 is 0 Å². The maximum Gasteiger partial charge on any atom is 0.0278 e. The van der Waals surface area contributed by atoms with Crippen molar-refractivity contribution in [2.75, 3.05) is 0 Å². The van der Waals surface area contributed by atoms with Gasteiger partial charge in [0.05, 0.1) is 0 Å². The predicted molar refractivity (Wildman–Crippen MR) is 42.8 cm³/mol. The summed E-state index contributed by atoms with van der Waals surface area (Å²) in [6, 6.07) is 3.67. The van der Waals surface area contributed by atoms with Crippen LogP contribution in [0.15, 0.2) is 29.4 Å². The van der Waals surface area contributed by atoms with E-state index < -0.39 is 0 Å². The molecule has 1 nitrogen and oxygen atoms in total. The number of rotatable bonds is 0. The lowest BCUT2D eigenvalue weighted by Gasteiger charge is -1.81. The molecule has 0 fully saturated rings. The Kier molecular flexibility index (Phi) is 5.32. The van der Waals surface area contributed by atoms with Crippen LogP contribution in [-0.2, 0) is 0 Å². The first-order chi connectivity index (χ1) is 4.39. The van der Waals surface area contributed by atoms with Gasteiger partial charge in [-0.25, -0.2) is 0 Å². The van der Waals surface area contributed by atoms with Crippen LogP contribution in [0.5, 0.6) is 0 Å². The fourth-order valence-electron chi connectivity index (χ4n) is 0.344. The van der Waals surface area contributed by atoms with Crippen molar-refractivity contribution in [1.29, 1.82) is 0 Å². The Morgan fingerprint density at radius 2 is 1.67 bits per heavy atom. The summed E-state index contributed by atoms with van der Waals surface area (Å²) >= 11 is 4.04. The minimum Gasteiger partial charge on any atom is -0.265 e. The molecule has 0 bridgehead atoms. The summed E-state index contributed by atoms with van der Waals surface area (Å²) in [4.78, 5) is 4.75. The first kappa shape index (κ1) is 8.50. The van der Waals surface area contributed by atoms with Crippen LogP contribution in [0.4, 0.5) is 0 Å². The van der Waals surface area contributed by atoms with Crippen LogP contribution in [0.25, 0.3) is 0 Å². The van der Waals surface area contributed by atoms with Gasteiger partial charge in [-0.1, -0.05) is 13.8 Å². The average Bonchev–Trinajstić information content (AvgIpc) is 1.94. The van der Waals surface area contributed by atoms with Crippen LogP contribution in [0.2, 0.25) is 0 Å². The molecule has 0 spiro atoms. The molecule has 0 radical (unpaired) electrons. The largest absolute Gasteiger partial charge is 0.265 e. The highest BCUT2D eigenvalue weighted by Gasteiger charge is 1.74. The third-order valence-electron chi connectivity index (χ3n) is 0.663. The van der Waals surface area contributed by atoms with Crippen molar-refractivity contribution in [3.8, 4) is 0 Å². The SMILES string of the molecule is CC.Sc1ccncc1. The van der Waals surface area contributed by atoms with Crippen LogP contribution < -0.4 is 0 Å². The Labute approximate surface area is 61.5 Å². The third-order valence-corrected chi connectivity index (χ3v) is 0.961. The van der Waals surface area contributed by atoms with Crippen LogP contribution in [0, 0.1) is 0 Å². The highest BCUT2D eigenvalue weighted by atomic mass is 32.1. The van der Waals surface area contributed by atoms with E-state index in [4.69, 9.17) is 0 Å². The molecule has 1 heterocycles. The van der Waals surface area contributed by atoms with E-state index in [1.165, 1.54) is 0 Å². The molecule has 0 saturated heterocycles. The van der Waals surface area contributed by atoms with Crippen molar-refractivity contribution < 1.29 is 0 Å². The maximum absolute atomic E-state index is 4.04. The van der Waals surface area contributed by atoms with Crippen LogP contribution >= 0.6 is 12.6 Å². The van der Waals surface area contributed by atoms with Gasteiger partial charge in [0.15, 0.2) is 0 Å². The molecule has 2 heteroatoms. The van der Waals surface area contributed by atoms with Gasteiger partial charge < -0.3 is 0 Å². The Balaban J connectivity index is 0.000000291. The van der Waals surface area contributed by atoms with Crippen molar-refractivity contribution in [1.82, 2.24) is 4.98 Å². The van der Waals surface area contributed by atoms with Gasteiger partial charge in [0.2, 0.25) is 0 Å². The van der Waals surface area contributed by atoms with Gasteiger partial charge in [-0.2, -0.15) is 0 Å². The zero-order valence-electron chi connectivity index (χ0n) is 5.70. The van der Waals surface area contributed by atoms with Gasteiger partial charge in [-0.3, -0.25) is 4.98 Å². The average molecular weight is 141 g/mol. The second-order valence-electron chi connectivity index (χ2n) is 1.21. The second kappa shape index (κ2) is 5.63. The van der Waals surface area contributed by atoms with Gasteiger partial charge in [0, 0.05) is 17.3 Å². The fourth-order valence-corrected chi connectivity index (χ4v) is 0.477. The van der Waals surface area contributed by atoms with E-state index in [0.29, 0.717) is 0 Å². The standard InChI is InChI=1S/C5H5NS.C2H6/c7-5-1-3-6-4-2-5;1-2/h1-4H,(H,6,7);1-2H3. The summed E-state index contributed by atoms with van der Waals surface area (Å²) in [5, 5.41) is 0. The molecule has 1 aromatic heterocycles. The maximum atomic E-state index is 4.04. The van der Waals surface area contributed by atoms with Crippen molar-refractivity contribution in [2.45, 2.75) is 18.7 Å². The summed E-state index contributed by atoms with van der Waals surface area (Å²) < 4.78 is 0. The topological polar surface area (TPSA) is 12.9 Å². The monoisotopic (exact) mass is 141 g/mol. The lowest BCUT2D eigenvalue weighted by Crippen LogP contribution is -1.64. The van der Waals surface area contributed by atoms with Crippen molar-refractivity contribution in [3.63, 3.8) is 0 Å². The minimum absolute atomic E-state index is 0.954. The summed E-state index contributed by atoms with van der Waals surface area (Å²) in [7, 11) is 0. The number of hydrogen-bond donors (Lipinski definition) is 1. The first-order valence-electron chi connectivity index (χ1n) is 2.98. The molecule has 1 rings (SSSR count). The molecule has 0 amide bonds. The molecule has 9 heavy (non-hydrogen) atoms. The smallest absolute Gasteiger partial charge is 0.0278 e. The number of nitrogens with zero attached hydrogens (tertiary/aromatic N) is 1. The Hall–Kier alpha value is -0.500. The Morgan fingerprint density at radius 1 is 1.22 bits per heavy atom. The highest BCUT2D eigenvalue weighted by molar-refractivity contribution is 7.80. The van der Waals surface area contributed by atoms with E-state index in [1.54, 1.807) is 12.4 Å². The fraction of sp³-hybridized carbons (Fsp3) is 0.286. The summed E-state index contributed by atoms with van der Waals surface area (Å²) in [6.45, 7) is 4.00. The Morgan fingerprint density at radius 3 is 1.89 bits per heavy atom. The van der Waals surface area contributed by atoms with Gasteiger partial charge in [-0.15, -0.1) is 12.6 Å². The van der Waals surface area contributed by atoms with Crippen molar-refractivity contribution in [3.05, 3.63) is 24.5 Å².